The largest absolute Gasteiger partial charge is 0.481 e. The summed E-state index contributed by atoms with van der Waals surface area (Å²) in [6, 6.07) is 3.46. The Hall–Kier alpha value is -1.45. The first-order valence-corrected chi connectivity index (χ1v) is 9.69. The lowest BCUT2D eigenvalue weighted by atomic mass is 10.1. The van der Waals surface area contributed by atoms with E-state index in [0.29, 0.717) is 27.9 Å². The Morgan fingerprint density at radius 1 is 1.45 bits per heavy atom. The Bertz CT molecular complexity index is 836. The first kappa shape index (κ1) is 15.4. The molecule has 1 amide bonds. The molecule has 7 nitrogen and oxygen atoms in total. The molecule has 3 rings (SSSR count). The van der Waals surface area contributed by atoms with Crippen LogP contribution in [0.25, 0.3) is 10.3 Å². The molecular formula is C12H12ClN3O4S2. The zero-order valence-electron chi connectivity index (χ0n) is 11.5. The van der Waals surface area contributed by atoms with Crippen LogP contribution in [0.1, 0.15) is 6.42 Å². The van der Waals surface area contributed by atoms with E-state index < -0.39 is 9.05 Å². The fourth-order valence-corrected chi connectivity index (χ4v) is 4.66. The molecule has 0 aliphatic carbocycles. The molecule has 118 valence electrons. The fraction of sp³-hybridized carbons (Fsp3) is 0.417. The van der Waals surface area contributed by atoms with Gasteiger partial charge in [0.05, 0.1) is 12.9 Å². The summed E-state index contributed by atoms with van der Waals surface area (Å²) in [6.45, 7) is 0.293. The zero-order valence-corrected chi connectivity index (χ0v) is 13.9. The molecule has 0 bridgehead atoms. The number of aromatic nitrogens is 2. The molecule has 3 heterocycles. The molecule has 1 atom stereocenters. The van der Waals surface area contributed by atoms with Crippen LogP contribution in [-0.4, -0.2) is 43.7 Å². The van der Waals surface area contributed by atoms with Crippen LogP contribution in [0.2, 0.25) is 0 Å². The first-order valence-electron chi connectivity index (χ1n) is 6.40. The Kier molecular flexibility index (Phi) is 3.96. The normalized spacial score (nSPS) is 19.1. The number of rotatable bonds is 4. The van der Waals surface area contributed by atoms with E-state index in [1.54, 1.807) is 12.1 Å². The van der Waals surface area contributed by atoms with E-state index >= 15 is 0 Å². The molecule has 0 aromatic carbocycles. The summed E-state index contributed by atoms with van der Waals surface area (Å²) in [5.74, 6) is -0.212. The average Bonchev–Trinajstić information content (AvgIpc) is 2.98. The molecule has 2 aromatic rings. The zero-order chi connectivity index (χ0) is 15.9. The summed E-state index contributed by atoms with van der Waals surface area (Å²) in [4.78, 5) is 22.9. The van der Waals surface area contributed by atoms with Crippen LogP contribution in [-0.2, 0) is 13.8 Å². The van der Waals surface area contributed by atoms with E-state index in [1.165, 1.54) is 23.3 Å². The van der Waals surface area contributed by atoms with Crippen LogP contribution in [0.3, 0.4) is 0 Å². The Morgan fingerprint density at radius 3 is 2.91 bits per heavy atom. The van der Waals surface area contributed by atoms with Crippen molar-refractivity contribution in [2.75, 3.05) is 24.3 Å². The topological polar surface area (TPSA) is 89.5 Å². The molecule has 0 N–H and O–H groups in total. The second-order valence-corrected chi connectivity index (χ2v) is 8.73. The number of hydrogen-bond donors (Lipinski definition) is 0. The van der Waals surface area contributed by atoms with Gasteiger partial charge < -0.3 is 4.74 Å². The second-order valence-electron chi connectivity index (χ2n) is 4.95. The summed E-state index contributed by atoms with van der Waals surface area (Å²) in [5, 5.41) is 0.509. The van der Waals surface area contributed by atoms with Gasteiger partial charge in [-0.05, 0) is 6.07 Å². The van der Waals surface area contributed by atoms with Crippen molar-refractivity contribution in [3.63, 3.8) is 0 Å². The SMILES string of the molecule is COc1ccc2nc(N3CC(CS(=O)(=O)Cl)CC3=O)sc2n1. The molecule has 1 aliphatic heterocycles. The van der Waals surface area contributed by atoms with Gasteiger partial charge in [-0.25, -0.2) is 18.4 Å². The van der Waals surface area contributed by atoms with Crippen LogP contribution in [0.15, 0.2) is 12.1 Å². The number of anilines is 1. The van der Waals surface area contributed by atoms with Crippen LogP contribution >= 0.6 is 22.0 Å². The number of halogens is 1. The summed E-state index contributed by atoms with van der Waals surface area (Å²) < 4.78 is 27.4. The minimum Gasteiger partial charge on any atom is -0.481 e. The van der Waals surface area contributed by atoms with Crippen molar-refractivity contribution >= 4 is 52.5 Å². The highest BCUT2D eigenvalue weighted by Gasteiger charge is 2.34. The number of carbonyl (C=O) groups excluding carboxylic acids is 1. The van der Waals surface area contributed by atoms with Gasteiger partial charge >= 0.3 is 0 Å². The Labute approximate surface area is 135 Å². The van der Waals surface area contributed by atoms with E-state index in [0.717, 1.165) is 0 Å². The number of hydrogen-bond acceptors (Lipinski definition) is 7. The van der Waals surface area contributed by atoms with Crippen LogP contribution in [0.4, 0.5) is 5.13 Å². The fourth-order valence-electron chi connectivity index (χ4n) is 2.38. The highest BCUT2D eigenvalue weighted by molar-refractivity contribution is 8.13. The predicted molar refractivity (Wildman–Crippen MR) is 84.1 cm³/mol. The van der Waals surface area contributed by atoms with Gasteiger partial charge in [-0.1, -0.05) is 11.3 Å². The van der Waals surface area contributed by atoms with Gasteiger partial charge in [0.15, 0.2) is 5.13 Å². The van der Waals surface area contributed by atoms with Crippen molar-refractivity contribution in [1.82, 2.24) is 9.97 Å². The maximum Gasteiger partial charge on any atom is 0.232 e. The van der Waals surface area contributed by atoms with E-state index in [4.69, 9.17) is 15.4 Å². The lowest BCUT2D eigenvalue weighted by molar-refractivity contribution is -0.117. The highest BCUT2D eigenvalue weighted by Crippen LogP contribution is 2.33. The quantitative estimate of drug-likeness (QED) is 0.769. The molecule has 10 heteroatoms. The first-order chi connectivity index (χ1) is 10.4. The van der Waals surface area contributed by atoms with Crippen LogP contribution in [0.5, 0.6) is 5.88 Å². The minimum absolute atomic E-state index is 0.151. The van der Waals surface area contributed by atoms with Crippen molar-refractivity contribution in [3.8, 4) is 5.88 Å². The molecule has 1 fully saturated rings. The average molecular weight is 362 g/mol. The number of fused-ring (bicyclic) bond motifs is 1. The van der Waals surface area contributed by atoms with Gasteiger partial charge in [0.2, 0.25) is 20.8 Å². The highest BCUT2D eigenvalue weighted by atomic mass is 35.7. The number of pyridine rings is 1. The number of carbonyl (C=O) groups is 1. The van der Waals surface area contributed by atoms with Crippen molar-refractivity contribution in [2.45, 2.75) is 6.42 Å². The summed E-state index contributed by atoms with van der Waals surface area (Å²) in [7, 11) is 3.16. The third kappa shape index (κ3) is 3.16. The monoisotopic (exact) mass is 361 g/mol. The van der Waals surface area contributed by atoms with Crippen molar-refractivity contribution < 1.29 is 17.9 Å². The van der Waals surface area contributed by atoms with Gasteiger partial charge in [-0.2, -0.15) is 0 Å². The third-order valence-corrected chi connectivity index (χ3v) is 5.53. The number of methoxy groups -OCH3 is 1. The number of ether oxygens (including phenoxy) is 1. The van der Waals surface area contributed by atoms with Crippen molar-refractivity contribution in [1.29, 1.82) is 0 Å². The summed E-state index contributed by atoms with van der Waals surface area (Å²) in [6.07, 6.45) is 0.151. The lowest BCUT2D eigenvalue weighted by Crippen LogP contribution is -2.25. The Balaban J connectivity index is 1.86. The molecule has 0 radical (unpaired) electrons. The van der Waals surface area contributed by atoms with Gasteiger partial charge in [-0.15, -0.1) is 0 Å². The molecular weight excluding hydrogens is 350 g/mol. The third-order valence-electron chi connectivity index (χ3n) is 3.30. The standard InChI is InChI=1S/C12H12ClN3O4S2/c1-20-9-3-2-8-11(15-9)21-12(14-8)16-5-7(4-10(16)17)6-22(13,18)19/h2-3,7H,4-6H2,1H3. The summed E-state index contributed by atoms with van der Waals surface area (Å²) in [5.41, 5.74) is 0.669. The molecule has 2 aromatic heterocycles. The smallest absolute Gasteiger partial charge is 0.232 e. The second kappa shape index (κ2) is 5.64. The molecule has 0 saturated carbocycles. The maximum atomic E-state index is 12.1. The van der Waals surface area contributed by atoms with Gasteiger partial charge in [0.25, 0.3) is 0 Å². The van der Waals surface area contributed by atoms with Crippen LogP contribution < -0.4 is 9.64 Å². The molecule has 22 heavy (non-hydrogen) atoms. The number of thiazole rings is 1. The van der Waals surface area contributed by atoms with Gasteiger partial charge in [-0.3, -0.25) is 9.69 Å². The van der Waals surface area contributed by atoms with Crippen molar-refractivity contribution in [2.24, 2.45) is 5.92 Å². The minimum atomic E-state index is -3.62. The van der Waals surface area contributed by atoms with Gasteiger partial charge in [0.1, 0.15) is 10.3 Å². The molecule has 1 aliphatic rings. The molecule has 1 saturated heterocycles. The lowest BCUT2D eigenvalue weighted by Gasteiger charge is -2.11. The Morgan fingerprint density at radius 2 is 2.23 bits per heavy atom. The van der Waals surface area contributed by atoms with E-state index in [2.05, 4.69) is 9.97 Å². The van der Waals surface area contributed by atoms with Crippen LogP contribution in [0, 0.1) is 5.92 Å². The molecule has 1 unspecified atom stereocenters. The van der Waals surface area contributed by atoms with E-state index in [-0.39, 0.29) is 24.0 Å². The predicted octanol–water partition coefficient (Wildman–Crippen LogP) is 1.62. The number of nitrogens with zero attached hydrogens (tertiary/aromatic N) is 3. The maximum absolute atomic E-state index is 12.1. The van der Waals surface area contributed by atoms with E-state index in [1.807, 2.05) is 0 Å². The van der Waals surface area contributed by atoms with Gasteiger partial charge in [0, 0.05) is 35.6 Å². The number of amides is 1. The molecule has 0 spiro atoms. The van der Waals surface area contributed by atoms with Crippen molar-refractivity contribution in [3.05, 3.63) is 12.1 Å². The summed E-state index contributed by atoms with van der Waals surface area (Å²) >= 11 is 1.27. The van der Waals surface area contributed by atoms with E-state index in [9.17, 15) is 13.2 Å².